The van der Waals surface area contributed by atoms with E-state index in [1.165, 1.54) is 12.1 Å². The number of hydrogen-bond donors (Lipinski definition) is 1. The monoisotopic (exact) mass is 338 g/mol. The molecule has 0 atom stereocenters. The minimum atomic E-state index is -5.08. The molecule has 0 unspecified atom stereocenters. The maximum absolute atomic E-state index is 13.5. The van der Waals surface area contributed by atoms with Crippen LogP contribution in [0.15, 0.2) is 18.2 Å². The summed E-state index contributed by atoms with van der Waals surface area (Å²) in [5.41, 5.74) is 0.589. The summed E-state index contributed by atoms with van der Waals surface area (Å²) in [7, 11) is 0. The molecule has 1 aromatic carbocycles. The van der Waals surface area contributed by atoms with E-state index < -0.39 is 23.8 Å². The fraction of sp³-hybridized carbons (Fsp3) is 0.467. The SMILES string of the molecule is O=C(O)C(F)(F)F.O=CC1CCC(c2ccc(F)cc2F)CC1. The Bertz CT molecular complexity index is 549. The van der Waals surface area contributed by atoms with Crippen molar-refractivity contribution in [2.45, 2.75) is 37.8 Å². The van der Waals surface area contributed by atoms with Crippen LogP contribution in [0.25, 0.3) is 0 Å². The molecule has 128 valence electrons. The largest absolute Gasteiger partial charge is 0.490 e. The average Bonchev–Trinajstić information content (AvgIpc) is 2.47. The summed E-state index contributed by atoms with van der Waals surface area (Å²) in [5, 5.41) is 7.12. The highest BCUT2D eigenvalue weighted by molar-refractivity contribution is 5.73. The van der Waals surface area contributed by atoms with Gasteiger partial charge in [0.05, 0.1) is 0 Å². The Labute approximate surface area is 129 Å². The summed E-state index contributed by atoms with van der Waals surface area (Å²) in [6, 6.07) is 3.75. The molecule has 3 nitrogen and oxygen atoms in total. The van der Waals surface area contributed by atoms with Crippen molar-refractivity contribution in [3.63, 3.8) is 0 Å². The Hall–Kier alpha value is -1.99. The van der Waals surface area contributed by atoms with Gasteiger partial charge in [-0.3, -0.25) is 0 Å². The van der Waals surface area contributed by atoms with Crippen molar-refractivity contribution in [1.82, 2.24) is 0 Å². The molecule has 0 heterocycles. The summed E-state index contributed by atoms with van der Waals surface area (Å²) < 4.78 is 58.0. The van der Waals surface area contributed by atoms with Crippen LogP contribution in [0.3, 0.4) is 0 Å². The van der Waals surface area contributed by atoms with E-state index in [1.54, 1.807) is 0 Å². The highest BCUT2D eigenvalue weighted by Crippen LogP contribution is 2.36. The molecule has 0 saturated heterocycles. The van der Waals surface area contributed by atoms with E-state index in [1.807, 2.05) is 0 Å². The lowest BCUT2D eigenvalue weighted by molar-refractivity contribution is -0.192. The van der Waals surface area contributed by atoms with Gasteiger partial charge < -0.3 is 9.90 Å². The summed E-state index contributed by atoms with van der Waals surface area (Å²) in [6.07, 6.45) is -0.856. The van der Waals surface area contributed by atoms with Crippen molar-refractivity contribution < 1.29 is 36.6 Å². The van der Waals surface area contributed by atoms with Crippen molar-refractivity contribution in [3.8, 4) is 0 Å². The first-order chi connectivity index (χ1) is 10.6. The molecule has 0 aliphatic heterocycles. The van der Waals surface area contributed by atoms with E-state index in [4.69, 9.17) is 9.90 Å². The van der Waals surface area contributed by atoms with Gasteiger partial charge in [0, 0.05) is 12.0 Å². The second kappa shape index (κ2) is 8.03. The highest BCUT2D eigenvalue weighted by atomic mass is 19.4. The molecule has 2 rings (SSSR count). The van der Waals surface area contributed by atoms with E-state index in [0.29, 0.717) is 5.56 Å². The van der Waals surface area contributed by atoms with Gasteiger partial charge in [0.25, 0.3) is 0 Å². The zero-order chi connectivity index (χ0) is 17.6. The first kappa shape index (κ1) is 19.1. The number of carboxylic acid groups (broad SMARTS) is 1. The Morgan fingerprint density at radius 3 is 2.04 bits per heavy atom. The highest BCUT2D eigenvalue weighted by Gasteiger charge is 2.38. The Morgan fingerprint density at radius 2 is 1.65 bits per heavy atom. The average molecular weight is 338 g/mol. The lowest BCUT2D eigenvalue weighted by atomic mass is 9.79. The van der Waals surface area contributed by atoms with Crippen LogP contribution in [0.1, 0.15) is 37.2 Å². The maximum atomic E-state index is 13.5. The summed E-state index contributed by atoms with van der Waals surface area (Å²) in [5.74, 6) is -3.50. The minimum Gasteiger partial charge on any atom is -0.475 e. The van der Waals surface area contributed by atoms with Crippen LogP contribution < -0.4 is 0 Å². The number of aliphatic carboxylic acids is 1. The summed E-state index contributed by atoms with van der Waals surface area (Å²) >= 11 is 0. The molecule has 1 aromatic rings. The molecule has 8 heteroatoms. The molecule has 0 aromatic heterocycles. The van der Waals surface area contributed by atoms with E-state index in [-0.39, 0.29) is 11.8 Å². The van der Waals surface area contributed by atoms with Gasteiger partial charge in [0.15, 0.2) is 0 Å². The number of carbonyl (C=O) groups is 2. The van der Waals surface area contributed by atoms with E-state index in [2.05, 4.69) is 0 Å². The molecular formula is C15H15F5O3. The smallest absolute Gasteiger partial charge is 0.475 e. The first-order valence-electron chi connectivity index (χ1n) is 6.85. The van der Waals surface area contributed by atoms with Gasteiger partial charge in [0.1, 0.15) is 17.9 Å². The number of hydrogen-bond acceptors (Lipinski definition) is 2. The quantitative estimate of drug-likeness (QED) is 0.653. The number of benzene rings is 1. The number of alkyl halides is 3. The van der Waals surface area contributed by atoms with Crippen LogP contribution in [-0.4, -0.2) is 23.5 Å². The topological polar surface area (TPSA) is 54.4 Å². The predicted octanol–water partition coefficient (Wildman–Crippen LogP) is 4.07. The number of halogens is 5. The molecule has 0 bridgehead atoms. The van der Waals surface area contributed by atoms with Gasteiger partial charge in [0.2, 0.25) is 0 Å². The molecule has 1 aliphatic rings. The van der Waals surface area contributed by atoms with Gasteiger partial charge in [-0.05, 0) is 43.2 Å². The second-order valence-electron chi connectivity index (χ2n) is 5.22. The number of aldehydes is 1. The Morgan fingerprint density at radius 1 is 1.13 bits per heavy atom. The number of carbonyl (C=O) groups excluding carboxylic acids is 1. The molecule has 0 radical (unpaired) electrons. The van der Waals surface area contributed by atoms with Crippen molar-refractivity contribution >= 4 is 12.3 Å². The minimum absolute atomic E-state index is 0.125. The molecule has 0 amide bonds. The van der Waals surface area contributed by atoms with E-state index in [9.17, 15) is 26.7 Å². The van der Waals surface area contributed by atoms with E-state index >= 15 is 0 Å². The van der Waals surface area contributed by atoms with Crippen molar-refractivity contribution in [1.29, 1.82) is 0 Å². The third kappa shape index (κ3) is 5.96. The van der Waals surface area contributed by atoms with Gasteiger partial charge in [-0.2, -0.15) is 13.2 Å². The first-order valence-corrected chi connectivity index (χ1v) is 6.85. The van der Waals surface area contributed by atoms with Crippen LogP contribution in [0.5, 0.6) is 0 Å². The summed E-state index contributed by atoms with van der Waals surface area (Å²) in [4.78, 5) is 19.5. The predicted molar refractivity (Wildman–Crippen MR) is 70.8 cm³/mol. The molecular weight excluding hydrogens is 323 g/mol. The molecule has 0 spiro atoms. The van der Waals surface area contributed by atoms with Crippen molar-refractivity contribution in [2.75, 3.05) is 0 Å². The molecule has 1 fully saturated rings. The zero-order valence-corrected chi connectivity index (χ0v) is 11.9. The van der Waals surface area contributed by atoms with Gasteiger partial charge >= 0.3 is 12.1 Å². The van der Waals surface area contributed by atoms with E-state index in [0.717, 1.165) is 38.0 Å². The van der Waals surface area contributed by atoms with Gasteiger partial charge in [-0.15, -0.1) is 0 Å². The van der Waals surface area contributed by atoms with Crippen LogP contribution in [0, 0.1) is 17.6 Å². The summed E-state index contributed by atoms with van der Waals surface area (Å²) in [6.45, 7) is 0. The third-order valence-corrected chi connectivity index (χ3v) is 3.61. The number of carboxylic acids is 1. The lowest BCUT2D eigenvalue weighted by Crippen LogP contribution is -2.21. The van der Waals surface area contributed by atoms with Crippen molar-refractivity contribution in [3.05, 3.63) is 35.4 Å². The standard InChI is InChI=1S/C13H14F2O.C2HF3O2/c14-11-5-6-12(13(15)7-11)10-3-1-9(8-16)2-4-10;3-2(4,5)1(6)7/h5-10H,1-4H2;(H,6,7). The normalized spacial score (nSPS) is 21.1. The van der Waals surface area contributed by atoms with Crippen LogP contribution in [0.4, 0.5) is 22.0 Å². The zero-order valence-electron chi connectivity index (χ0n) is 11.9. The molecule has 1 saturated carbocycles. The lowest BCUT2D eigenvalue weighted by Gasteiger charge is -2.25. The van der Waals surface area contributed by atoms with Crippen LogP contribution in [0.2, 0.25) is 0 Å². The van der Waals surface area contributed by atoms with Crippen molar-refractivity contribution in [2.24, 2.45) is 5.92 Å². The molecule has 1 N–H and O–H groups in total. The maximum Gasteiger partial charge on any atom is 0.490 e. The second-order valence-corrected chi connectivity index (χ2v) is 5.22. The molecule has 23 heavy (non-hydrogen) atoms. The Kier molecular flexibility index (Phi) is 6.65. The third-order valence-electron chi connectivity index (χ3n) is 3.61. The van der Waals surface area contributed by atoms with Gasteiger partial charge in [-0.25, -0.2) is 13.6 Å². The number of rotatable bonds is 2. The fourth-order valence-electron chi connectivity index (χ4n) is 2.40. The fourth-order valence-corrected chi connectivity index (χ4v) is 2.40. The van der Waals surface area contributed by atoms with Gasteiger partial charge in [-0.1, -0.05) is 6.07 Å². The Balaban J connectivity index is 0.000000322. The van der Waals surface area contributed by atoms with Crippen LogP contribution >= 0.6 is 0 Å². The van der Waals surface area contributed by atoms with Crippen LogP contribution in [-0.2, 0) is 9.59 Å². The molecule has 1 aliphatic carbocycles.